The monoisotopic (exact) mass is 277 g/mol. The molecule has 0 aliphatic carbocycles. The lowest BCUT2D eigenvalue weighted by atomic mass is 10.0. The van der Waals surface area contributed by atoms with Crippen molar-refractivity contribution < 1.29 is 4.52 Å². The van der Waals surface area contributed by atoms with E-state index in [1.165, 1.54) is 10.4 Å². The van der Waals surface area contributed by atoms with Crippen molar-refractivity contribution in [3.05, 3.63) is 33.6 Å². The smallest absolute Gasteiger partial charge is 0.240 e. The number of hydrogen-bond acceptors (Lipinski definition) is 5. The van der Waals surface area contributed by atoms with Gasteiger partial charge in [-0.25, -0.2) is 0 Å². The predicted molar refractivity (Wildman–Crippen MR) is 75.2 cm³/mol. The minimum absolute atomic E-state index is 0.319. The summed E-state index contributed by atoms with van der Waals surface area (Å²) in [6, 6.07) is 2.67. The number of rotatable bonds is 3. The first-order chi connectivity index (χ1) is 9.15. The third-order valence-corrected chi connectivity index (χ3v) is 4.74. The number of hydrogen-bond donors (Lipinski definition) is 0. The molecule has 0 radical (unpaired) electrons. The van der Waals surface area contributed by atoms with Crippen molar-refractivity contribution >= 4 is 11.3 Å². The topological polar surface area (TPSA) is 42.2 Å². The van der Waals surface area contributed by atoms with Crippen LogP contribution in [0, 0.1) is 0 Å². The second-order valence-electron chi connectivity index (χ2n) is 5.40. The molecule has 1 aliphatic rings. The zero-order valence-corrected chi connectivity index (χ0v) is 12.4. The van der Waals surface area contributed by atoms with Gasteiger partial charge in [-0.1, -0.05) is 19.0 Å². The van der Waals surface area contributed by atoms with Gasteiger partial charge in [0.1, 0.15) is 0 Å². The maximum absolute atomic E-state index is 5.35. The van der Waals surface area contributed by atoms with Crippen LogP contribution in [0.15, 0.2) is 16.0 Å². The van der Waals surface area contributed by atoms with Crippen molar-refractivity contribution in [2.45, 2.75) is 45.7 Å². The Morgan fingerprint density at radius 1 is 1.53 bits per heavy atom. The van der Waals surface area contributed by atoms with Gasteiger partial charge in [0, 0.05) is 23.4 Å². The highest BCUT2D eigenvalue weighted by atomic mass is 32.1. The SMILES string of the molecule is CC(C)c1noc(CN2CCc3sccc3[C@@H]2C)n1. The normalized spacial score (nSPS) is 19.9. The van der Waals surface area contributed by atoms with E-state index in [4.69, 9.17) is 4.52 Å². The Hall–Kier alpha value is -1.20. The fourth-order valence-corrected chi connectivity index (χ4v) is 3.48. The van der Waals surface area contributed by atoms with E-state index in [9.17, 15) is 0 Å². The third-order valence-electron chi connectivity index (χ3n) is 3.74. The van der Waals surface area contributed by atoms with Crippen LogP contribution in [0.2, 0.25) is 0 Å². The van der Waals surface area contributed by atoms with Crippen molar-refractivity contribution in [2.75, 3.05) is 6.54 Å². The van der Waals surface area contributed by atoms with Crippen molar-refractivity contribution in [2.24, 2.45) is 0 Å². The van der Waals surface area contributed by atoms with E-state index in [2.05, 4.69) is 47.3 Å². The highest BCUT2D eigenvalue weighted by molar-refractivity contribution is 7.10. The van der Waals surface area contributed by atoms with Gasteiger partial charge in [0.2, 0.25) is 5.89 Å². The molecule has 1 atom stereocenters. The first-order valence-electron chi connectivity index (χ1n) is 6.78. The van der Waals surface area contributed by atoms with Gasteiger partial charge in [-0.15, -0.1) is 11.3 Å². The lowest BCUT2D eigenvalue weighted by Crippen LogP contribution is -2.32. The zero-order valence-electron chi connectivity index (χ0n) is 11.6. The molecule has 4 nitrogen and oxygen atoms in total. The second kappa shape index (κ2) is 5.06. The van der Waals surface area contributed by atoms with Crippen LogP contribution in [-0.2, 0) is 13.0 Å². The van der Waals surface area contributed by atoms with E-state index in [1.807, 2.05) is 11.3 Å². The Morgan fingerprint density at radius 2 is 2.37 bits per heavy atom. The predicted octanol–water partition coefficient (Wildman–Crippen LogP) is 3.37. The standard InChI is InChI=1S/C14H19N3OS/c1-9(2)14-15-13(18-16-14)8-17-6-4-12-11(10(17)3)5-7-19-12/h5,7,9-10H,4,6,8H2,1-3H3/t10-/m0/s1. The average molecular weight is 277 g/mol. The largest absolute Gasteiger partial charge is 0.338 e. The Kier molecular flexibility index (Phi) is 3.41. The molecule has 0 bridgehead atoms. The van der Waals surface area contributed by atoms with Gasteiger partial charge in [0.25, 0.3) is 0 Å². The van der Waals surface area contributed by atoms with Crippen LogP contribution in [0.4, 0.5) is 0 Å². The van der Waals surface area contributed by atoms with Crippen LogP contribution in [-0.4, -0.2) is 21.6 Å². The summed E-state index contributed by atoms with van der Waals surface area (Å²) in [5.74, 6) is 1.85. The summed E-state index contributed by atoms with van der Waals surface area (Å²) >= 11 is 1.87. The molecule has 0 fully saturated rings. The van der Waals surface area contributed by atoms with E-state index in [1.54, 1.807) is 0 Å². The van der Waals surface area contributed by atoms with Crippen molar-refractivity contribution in [3.8, 4) is 0 Å². The Labute approximate surface area is 117 Å². The van der Waals surface area contributed by atoms with E-state index in [0.717, 1.165) is 31.2 Å². The number of aromatic nitrogens is 2. The summed E-state index contributed by atoms with van der Waals surface area (Å²) in [6.07, 6.45) is 1.13. The minimum atomic E-state index is 0.319. The van der Waals surface area contributed by atoms with Crippen LogP contribution in [0.3, 0.4) is 0 Å². The van der Waals surface area contributed by atoms with Gasteiger partial charge in [-0.05, 0) is 30.4 Å². The summed E-state index contributed by atoms with van der Waals surface area (Å²) in [4.78, 5) is 8.40. The molecule has 0 unspecified atom stereocenters. The molecule has 0 N–H and O–H groups in total. The highest BCUT2D eigenvalue weighted by Gasteiger charge is 2.26. The maximum Gasteiger partial charge on any atom is 0.240 e. The first-order valence-corrected chi connectivity index (χ1v) is 7.66. The Morgan fingerprint density at radius 3 is 3.11 bits per heavy atom. The fourth-order valence-electron chi connectivity index (χ4n) is 2.52. The molecule has 0 saturated heterocycles. The minimum Gasteiger partial charge on any atom is -0.338 e. The zero-order chi connectivity index (χ0) is 13.4. The lowest BCUT2D eigenvalue weighted by molar-refractivity contribution is 0.167. The van der Waals surface area contributed by atoms with Crippen LogP contribution in [0.25, 0.3) is 0 Å². The number of fused-ring (bicyclic) bond motifs is 1. The molecule has 5 heteroatoms. The second-order valence-corrected chi connectivity index (χ2v) is 6.40. The van der Waals surface area contributed by atoms with Gasteiger partial charge in [0.05, 0.1) is 6.54 Å². The van der Waals surface area contributed by atoms with E-state index in [-0.39, 0.29) is 0 Å². The van der Waals surface area contributed by atoms with E-state index < -0.39 is 0 Å². The molecule has 2 aromatic rings. The molecule has 3 heterocycles. The van der Waals surface area contributed by atoms with Crippen LogP contribution in [0.5, 0.6) is 0 Å². The maximum atomic E-state index is 5.35. The van der Waals surface area contributed by atoms with Crippen molar-refractivity contribution in [1.29, 1.82) is 0 Å². The van der Waals surface area contributed by atoms with Crippen LogP contribution >= 0.6 is 11.3 Å². The van der Waals surface area contributed by atoms with Gasteiger partial charge in [0.15, 0.2) is 5.82 Å². The van der Waals surface area contributed by atoms with Crippen LogP contribution in [0.1, 0.15) is 54.9 Å². The Balaban J connectivity index is 1.73. The number of nitrogens with zero attached hydrogens (tertiary/aromatic N) is 3. The summed E-state index contributed by atoms with van der Waals surface area (Å²) in [7, 11) is 0. The summed E-state index contributed by atoms with van der Waals surface area (Å²) in [5, 5.41) is 6.22. The molecule has 1 aliphatic heterocycles. The van der Waals surface area contributed by atoms with Crippen molar-refractivity contribution in [3.63, 3.8) is 0 Å². The van der Waals surface area contributed by atoms with Crippen molar-refractivity contribution in [1.82, 2.24) is 15.0 Å². The summed E-state index contributed by atoms with van der Waals surface area (Å²) in [6.45, 7) is 8.22. The highest BCUT2D eigenvalue weighted by Crippen LogP contribution is 2.33. The van der Waals surface area contributed by atoms with E-state index in [0.29, 0.717) is 12.0 Å². The molecule has 102 valence electrons. The molecule has 3 rings (SSSR count). The van der Waals surface area contributed by atoms with Crippen LogP contribution < -0.4 is 0 Å². The third kappa shape index (κ3) is 2.44. The fraction of sp³-hybridized carbons (Fsp3) is 0.571. The molecule has 19 heavy (non-hydrogen) atoms. The summed E-state index contributed by atoms with van der Waals surface area (Å²) in [5.41, 5.74) is 1.46. The summed E-state index contributed by atoms with van der Waals surface area (Å²) < 4.78 is 5.35. The molecule has 2 aromatic heterocycles. The molecule has 0 saturated carbocycles. The molecule has 0 aromatic carbocycles. The van der Waals surface area contributed by atoms with E-state index >= 15 is 0 Å². The average Bonchev–Trinajstić information content (AvgIpc) is 3.01. The van der Waals surface area contributed by atoms with Gasteiger partial charge < -0.3 is 4.52 Å². The van der Waals surface area contributed by atoms with Gasteiger partial charge in [-0.2, -0.15) is 4.98 Å². The molecular weight excluding hydrogens is 258 g/mol. The number of thiophene rings is 1. The Bertz CT molecular complexity index is 561. The molecule has 0 amide bonds. The van der Waals surface area contributed by atoms with Gasteiger partial charge in [-0.3, -0.25) is 4.90 Å². The van der Waals surface area contributed by atoms with Gasteiger partial charge >= 0.3 is 0 Å². The molecule has 0 spiro atoms. The molecular formula is C14H19N3OS. The first kappa shape index (κ1) is 12.8. The quantitative estimate of drug-likeness (QED) is 0.862. The lowest BCUT2D eigenvalue weighted by Gasteiger charge is -2.32.